The minimum atomic E-state index is -0.745. The molecule has 182 valence electrons. The van der Waals surface area contributed by atoms with E-state index >= 15 is 0 Å². The summed E-state index contributed by atoms with van der Waals surface area (Å²) in [6, 6.07) is 11.9. The van der Waals surface area contributed by atoms with Crippen LogP contribution in [-0.4, -0.2) is 52.7 Å². The molecule has 2 atom stereocenters. The van der Waals surface area contributed by atoms with E-state index in [1.807, 2.05) is 6.07 Å². The summed E-state index contributed by atoms with van der Waals surface area (Å²) in [5, 5.41) is 2.76. The van der Waals surface area contributed by atoms with Crippen LogP contribution in [0, 0.1) is 5.92 Å². The normalized spacial score (nSPS) is 19.3. The first-order valence-electron chi connectivity index (χ1n) is 11.8. The van der Waals surface area contributed by atoms with E-state index in [4.69, 9.17) is 4.74 Å². The van der Waals surface area contributed by atoms with E-state index in [9.17, 15) is 19.2 Å². The number of cyclic esters (lactones) is 1. The number of carbonyl (C=O) groups is 4. The number of aryl methyl sites for hydroxylation is 1. The highest BCUT2D eigenvalue weighted by molar-refractivity contribution is 6.16. The lowest BCUT2D eigenvalue weighted by atomic mass is 9.88. The molecule has 1 saturated heterocycles. The van der Waals surface area contributed by atoms with Crippen LogP contribution < -0.4 is 10.2 Å². The lowest BCUT2D eigenvalue weighted by Gasteiger charge is -2.16. The maximum Gasteiger partial charge on any atom is 0.414 e. The highest BCUT2D eigenvalue weighted by Gasteiger charge is 2.35. The molecule has 2 aliphatic rings. The highest BCUT2D eigenvalue weighted by atomic mass is 16.6. The minimum absolute atomic E-state index is 0.164. The fraction of sp³-hybridized carbons (Fsp3) is 0.259. The Hall–Kier alpha value is -4.40. The predicted octanol–water partition coefficient (Wildman–Crippen LogP) is 3.25. The Morgan fingerprint density at radius 1 is 1.03 bits per heavy atom. The summed E-state index contributed by atoms with van der Waals surface area (Å²) in [6.07, 6.45) is 6.85. The molecule has 36 heavy (non-hydrogen) atoms. The lowest BCUT2D eigenvalue weighted by Crippen LogP contribution is -2.34. The van der Waals surface area contributed by atoms with Gasteiger partial charge in [-0.15, -0.1) is 0 Å². The molecule has 1 aliphatic carbocycles. The van der Waals surface area contributed by atoms with Crippen LogP contribution in [0.3, 0.4) is 0 Å². The van der Waals surface area contributed by atoms with Crippen molar-refractivity contribution >= 4 is 29.3 Å². The monoisotopic (exact) mass is 484 g/mol. The fourth-order valence-corrected chi connectivity index (χ4v) is 4.61. The van der Waals surface area contributed by atoms with E-state index in [0.717, 1.165) is 5.56 Å². The second-order valence-corrected chi connectivity index (χ2v) is 8.82. The van der Waals surface area contributed by atoms with Crippen molar-refractivity contribution in [1.82, 2.24) is 15.3 Å². The van der Waals surface area contributed by atoms with Gasteiger partial charge in [0.05, 0.1) is 24.6 Å². The van der Waals surface area contributed by atoms with Crippen LogP contribution in [0.15, 0.2) is 67.3 Å². The summed E-state index contributed by atoms with van der Waals surface area (Å²) in [6.45, 7) is 0.429. The minimum Gasteiger partial charge on any atom is -0.442 e. The van der Waals surface area contributed by atoms with Gasteiger partial charge in [0.25, 0.3) is 5.91 Å². The maximum atomic E-state index is 13.3. The fourth-order valence-electron chi connectivity index (χ4n) is 4.61. The van der Waals surface area contributed by atoms with Crippen molar-refractivity contribution in [3.8, 4) is 0 Å². The van der Waals surface area contributed by atoms with Crippen molar-refractivity contribution in [3.63, 3.8) is 0 Å². The number of pyridine rings is 2. The number of nitrogens with zero attached hydrogens (tertiary/aromatic N) is 3. The van der Waals surface area contributed by atoms with Gasteiger partial charge in [0.2, 0.25) is 0 Å². The average molecular weight is 485 g/mol. The van der Waals surface area contributed by atoms with Gasteiger partial charge in [-0.2, -0.15) is 0 Å². The summed E-state index contributed by atoms with van der Waals surface area (Å²) in [7, 11) is 0. The number of hydrogen-bond donors (Lipinski definition) is 1. The van der Waals surface area contributed by atoms with Crippen LogP contribution in [0.25, 0.3) is 0 Å². The quantitative estimate of drug-likeness (QED) is 0.324. The molecule has 5 rings (SSSR count). The highest BCUT2D eigenvalue weighted by Crippen LogP contribution is 2.31. The zero-order valence-corrected chi connectivity index (χ0v) is 19.4. The topological polar surface area (TPSA) is 119 Å². The molecule has 9 heteroatoms. The Bertz CT molecular complexity index is 1310. The summed E-state index contributed by atoms with van der Waals surface area (Å²) >= 11 is 0. The molecule has 0 radical (unpaired) electrons. The Kier molecular flexibility index (Phi) is 6.53. The van der Waals surface area contributed by atoms with Gasteiger partial charge in [0.15, 0.2) is 11.6 Å². The van der Waals surface area contributed by atoms with Crippen molar-refractivity contribution in [2.45, 2.75) is 25.4 Å². The first kappa shape index (κ1) is 23.3. The van der Waals surface area contributed by atoms with Gasteiger partial charge in [0.1, 0.15) is 6.10 Å². The second-order valence-electron chi connectivity index (χ2n) is 8.82. The van der Waals surface area contributed by atoms with Crippen LogP contribution in [0.4, 0.5) is 10.5 Å². The molecule has 1 aliphatic heterocycles. The standard InChI is InChI=1S/C27H24N4O5/c32-24(18-5-2-10-28-13-18)23-7-1-4-17-12-20(8-9-22(17)25(23)33)31-16-21(36-27(31)35)15-30-26(34)19-6-3-11-29-14-19/h2-3,5-6,8-14,21,23H,1,4,7,15-16H2,(H,30,34)/t21-,23?/m0/s1. The number of nitrogens with one attached hydrogen (secondary N) is 1. The third-order valence-electron chi connectivity index (χ3n) is 6.47. The number of aromatic nitrogens is 2. The number of amides is 2. The van der Waals surface area contributed by atoms with Crippen LogP contribution >= 0.6 is 0 Å². The van der Waals surface area contributed by atoms with Crippen LogP contribution in [-0.2, 0) is 11.2 Å². The number of carbonyl (C=O) groups excluding carboxylic acids is 4. The van der Waals surface area contributed by atoms with Crippen molar-refractivity contribution in [1.29, 1.82) is 0 Å². The van der Waals surface area contributed by atoms with Gasteiger partial charge in [-0.05, 0) is 67.3 Å². The van der Waals surface area contributed by atoms with E-state index in [0.29, 0.717) is 41.6 Å². The molecule has 3 aromatic rings. The predicted molar refractivity (Wildman–Crippen MR) is 130 cm³/mol. The molecule has 0 saturated carbocycles. The summed E-state index contributed by atoms with van der Waals surface area (Å²) < 4.78 is 5.44. The summed E-state index contributed by atoms with van der Waals surface area (Å²) in [5.41, 5.74) is 2.78. The van der Waals surface area contributed by atoms with Crippen LogP contribution in [0.1, 0.15) is 49.5 Å². The van der Waals surface area contributed by atoms with Gasteiger partial charge in [-0.25, -0.2) is 4.79 Å². The van der Waals surface area contributed by atoms with Crippen molar-refractivity contribution in [3.05, 3.63) is 89.5 Å². The number of Topliss-reactive ketones (excluding diaryl/α,β-unsaturated/α-hetero) is 2. The maximum absolute atomic E-state index is 13.3. The first-order chi connectivity index (χ1) is 17.5. The van der Waals surface area contributed by atoms with E-state index in [1.54, 1.807) is 48.8 Å². The van der Waals surface area contributed by atoms with Gasteiger partial charge in [0, 0.05) is 41.6 Å². The Balaban J connectivity index is 1.27. The van der Waals surface area contributed by atoms with Crippen LogP contribution in [0.2, 0.25) is 0 Å². The number of ether oxygens (including phenoxy) is 1. The molecule has 0 spiro atoms. The van der Waals surface area contributed by atoms with E-state index in [-0.39, 0.29) is 30.6 Å². The van der Waals surface area contributed by atoms with Crippen LogP contribution in [0.5, 0.6) is 0 Å². The van der Waals surface area contributed by atoms with E-state index in [1.165, 1.54) is 17.3 Å². The van der Waals surface area contributed by atoms with Gasteiger partial charge < -0.3 is 10.1 Å². The number of anilines is 1. The average Bonchev–Trinajstić information content (AvgIpc) is 3.21. The number of benzene rings is 1. The molecule has 0 bridgehead atoms. The van der Waals surface area contributed by atoms with E-state index < -0.39 is 18.1 Å². The number of hydrogen-bond acceptors (Lipinski definition) is 7. The molecule has 2 aromatic heterocycles. The Morgan fingerprint density at radius 3 is 2.50 bits per heavy atom. The second kappa shape index (κ2) is 10.1. The number of rotatable bonds is 6. The Labute approximate surface area is 207 Å². The molecule has 1 fully saturated rings. The van der Waals surface area contributed by atoms with Gasteiger partial charge in [-0.1, -0.05) is 0 Å². The Morgan fingerprint density at radius 2 is 1.78 bits per heavy atom. The SMILES string of the molecule is O=C(NC[C@H]1CN(c2ccc3c(c2)CCCC(C(=O)c2cccnc2)C3=O)C(=O)O1)c1cccnc1. The smallest absolute Gasteiger partial charge is 0.414 e. The zero-order valence-electron chi connectivity index (χ0n) is 19.4. The van der Waals surface area contributed by atoms with Gasteiger partial charge >= 0.3 is 6.09 Å². The van der Waals surface area contributed by atoms with E-state index in [2.05, 4.69) is 15.3 Å². The number of ketones is 2. The summed E-state index contributed by atoms with van der Waals surface area (Å²) in [5.74, 6) is -1.46. The molecule has 1 N–H and O–H groups in total. The van der Waals surface area contributed by atoms with Crippen molar-refractivity contribution < 1.29 is 23.9 Å². The van der Waals surface area contributed by atoms with Crippen molar-refractivity contribution in [2.24, 2.45) is 5.92 Å². The molecule has 3 heterocycles. The molecule has 1 aromatic carbocycles. The third kappa shape index (κ3) is 4.72. The summed E-state index contributed by atoms with van der Waals surface area (Å²) in [4.78, 5) is 60.5. The third-order valence-corrected chi connectivity index (χ3v) is 6.47. The molecule has 2 amide bonds. The molecular formula is C27H24N4O5. The first-order valence-corrected chi connectivity index (χ1v) is 11.8. The molecule has 1 unspecified atom stereocenters. The van der Waals surface area contributed by atoms with Gasteiger partial charge in [-0.3, -0.25) is 29.3 Å². The lowest BCUT2D eigenvalue weighted by molar-refractivity contribution is 0.0800. The zero-order chi connectivity index (χ0) is 25.1. The van der Waals surface area contributed by atoms with Crippen molar-refractivity contribution in [2.75, 3.05) is 18.0 Å². The largest absolute Gasteiger partial charge is 0.442 e. The number of fused-ring (bicyclic) bond motifs is 1. The molecule has 9 nitrogen and oxygen atoms in total. The molecular weight excluding hydrogens is 460 g/mol.